The maximum atomic E-state index is 11.1. The molecule has 88 valence electrons. The summed E-state index contributed by atoms with van der Waals surface area (Å²) in [5.41, 5.74) is 0.654. The van der Waals surface area contributed by atoms with Gasteiger partial charge in [0.15, 0.2) is 0 Å². The maximum Gasteiger partial charge on any atom is 0.325 e. The van der Waals surface area contributed by atoms with Gasteiger partial charge in [-0.2, -0.15) is 0 Å². The van der Waals surface area contributed by atoms with Crippen LogP contribution >= 0.6 is 0 Å². The maximum absolute atomic E-state index is 11.1. The summed E-state index contributed by atoms with van der Waals surface area (Å²) in [5.74, 6) is -0.761. The smallest absolute Gasteiger partial charge is 0.325 e. The van der Waals surface area contributed by atoms with E-state index < -0.39 is 12.0 Å². The van der Waals surface area contributed by atoms with Gasteiger partial charge in [-0.05, 0) is 30.7 Å². The zero-order valence-corrected chi connectivity index (χ0v) is 9.31. The summed E-state index contributed by atoms with van der Waals surface area (Å²) in [5, 5.41) is 21.2. The van der Waals surface area contributed by atoms with Crippen molar-refractivity contribution in [1.82, 2.24) is 5.32 Å². The zero-order chi connectivity index (χ0) is 12.0. The van der Waals surface area contributed by atoms with E-state index in [1.165, 1.54) is 12.1 Å². The molecule has 0 amide bonds. The van der Waals surface area contributed by atoms with Gasteiger partial charge in [0.2, 0.25) is 0 Å². The Morgan fingerprint density at radius 2 is 2.00 bits per heavy atom. The summed E-state index contributed by atoms with van der Waals surface area (Å²) < 4.78 is 0. The molecule has 0 saturated carbocycles. The molecule has 1 rings (SSSR count). The van der Waals surface area contributed by atoms with Crippen LogP contribution in [0, 0.1) is 0 Å². The van der Waals surface area contributed by atoms with E-state index in [9.17, 15) is 4.79 Å². The third-order valence-electron chi connectivity index (χ3n) is 2.35. The Kier molecular flexibility index (Phi) is 4.79. The first kappa shape index (κ1) is 12.5. The summed E-state index contributed by atoms with van der Waals surface area (Å²) in [7, 11) is 0. The molecule has 0 aliphatic carbocycles. The number of carboxylic acid groups (broad SMARTS) is 1. The van der Waals surface area contributed by atoms with Gasteiger partial charge in [0.25, 0.3) is 0 Å². The monoisotopic (exact) mass is 223 g/mol. The van der Waals surface area contributed by atoms with Crippen molar-refractivity contribution in [3.63, 3.8) is 0 Å². The lowest BCUT2D eigenvalue weighted by molar-refractivity contribution is -0.139. The minimum atomic E-state index is -0.901. The lowest BCUT2D eigenvalue weighted by atomic mass is 10.1. The molecular weight excluding hydrogens is 206 g/mol. The van der Waals surface area contributed by atoms with Gasteiger partial charge in [-0.15, -0.1) is 0 Å². The fraction of sp³-hybridized carbons (Fsp3) is 0.417. The third-order valence-corrected chi connectivity index (χ3v) is 2.35. The quantitative estimate of drug-likeness (QED) is 0.644. The molecule has 3 N–H and O–H groups in total. The van der Waals surface area contributed by atoms with Crippen LogP contribution < -0.4 is 5.32 Å². The van der Waals surface area contributed by atoms with E-state index in [-0.39, 0.29) is 5.75 Å². The molecule has 0 aromatic heterocycles. The number of nitrogens with one attached hydrogen (secondary N) is 1. The Morgan fingerprint density at radius 3 is 2.50 bits per heavy atom. The van der Waals surface area contributed by atoms with E-state index in [2.05, 4.69) is 12.2 Å². The van der Waals surface area contributed by atoms with Gasteiger partial charge >= 0.3 is 5.97 Å². The number of hydrogen-bond acceptors (Lipinski definition) is 3. The number of aliphatic carboxylic acids is 1. The van der Waals surface area contributed by atoms with Crippen molar-refractivity contribution in [1.29, 1.82) is 0 Å². The fourth-order valence-electron chi connectivity index (χ4n) is 1.44. The standard InChI is InChI=1S/C12H17NO3/c1-2-3-8-13-11(12(15)16)9-4-6-10(14)7-5-9/h4-7,11,13-14H,2-3,8H2,1H3,(H,15,16). The van der Waals surface area contributed by atoms with Gasteiger partial charge < -0.3 is 15.5 Å². The summed E-state index contributed by atoms with van der Waals surface area (Å²) >= 11 is 0. The fourth-order valence-corrected chi connectivity index (χ4v) is 1.44. The van der Waals surface area contributed by atoms with Crippen LogP contribution in [0.25, 0.3) is 0 Å². The largest absolute Gasteiger partial charge is 0.508 e. The Labute approximate surface area is 94.9 Å². The van der Waals surface area contributed by atoms with Gasteiger partial charge in [-0.3, -0.25) is 4.79 Å². The number of hydrogen-bond donors (Lipinski definition) is 3. The number of phenolic OH excluding ortho intramolecular Hbond substituents is 1. The molecule has 16 heavy (non-hydrogen) atoms. The van der Waals surface area contributed by atoms with Crippen LogP contribution in [0.5, 0.6) is 5.75 Å². The van der Waals surface area contributed by atoms with Crippen molar-refractivity contribution in [2.75, 3.05) is 6.54 Å². The predicted molar refractivity (Wildman–Crippen MR) is 61.4 cm³/mol. The molecule has 0 saturated heterocycles. The topological polar surface area (TPSA) is 69.6 Å². The molecule has 0 fully saturated rings. The molecule has 0 aliphatic rings. The first-order valence-electron chi connectivity index (χ1n) is 5.40. The van der Waals surface area contributed by atoms with Crippen molar-refractivity contribution >= 4 is 5.97 Å². The van der Waals surface area contributed by atoms with Crippen molar-refractivity contribution < 1.29 is 15.0 Å². The highest BCUT2D eigenvalue weighted by atomic mass is 16.4. The van der Waals surface area contributed by atoms with Crippen LogP contribution in [-0.2, 0) is 4.79 Å². The minimum absolute atomic E-state index is 0.140. The number of rotatable bonds is 6. The highest BCUT2D eigenvalue weighted by molar-refractivity contribution is 5.75. The van der Waals surface area contributed by atoms with Gasteiger partial charge in [-0.25, -0.2) is 0 Å². The number of carboxylic acids is 1. The molecule has 0 bridgehead atoms. The molecule has 1 atom stereocenters. The third kappa shape index (κ3) is 3.55. The SMILES string of the molecule is CCCCNC(C(=O)O)c1ccc(O)cc1. The molecule has 1 aromatic rings. The molecule has 0 radical (unpaired) electrons. The van der Waals surface area contributed by atoms with Gasteiger partial charge in [-0.1, -0.05) is 25.5 Å². The van der Waals surface area contributed by atoms with Crippen molar-refractivity contribution in [2.45, 2.75) is 25.8 Å². The number of carbonyl (C=O) groups is 1. The number of benzene rings is 1. The van der Waals surface area contributed by atoms with E-state index in [4.69, 9.17) is 10.2 Å². The first-order chi connectivity index (χ1) is 7.65. The van der Waals surface area contributed by atoms with Crippen molar-refractivity contribution in [2.24, 2.45) is 0 Å². The van der Waals surface area contributed by atoms with E-state index in [0.717, 1.165) is 12.8 Å². The van der Waals surface area contributed by atoms with Crippen LogP contribution in [0.2, 0.25) is 0 Å². The minimum Gasteiger partial charge on any atom is -0.508 e. The molecule has 4 heteroatoms. The number of aromatic hydroxyl groups is 1. The van der Waals surface area contributed by atoms with E-state index in [0.29, 0.717) is 12.1 Å². The lowest BCUT2D eigenvalue weighted by Crippen LogP contribution is -2.29. The van der Waals surface area contributed by atoms with Crippen LogP contribution in [0.15, 0.2) is 24.3 Å². The Bertz CT molecular complexity index is 335. The first-order valence-corrected chi connectivity index (χ1v) is 5.40. The van der Waals surface area contributed by atoms with Crippen LogP contribution in [0.4, 0.5) is 0 Å². The molecule has 0 aliphatic heterocycles. The second kappa shape index (κ2) is 6.12. The molecular formula is C12H17NO3. The van der Waals surface area contributed by atoms with Crippen LogP contribution in [0.1, 0.15) is 31.4 Å². The average Bonchev–Trinajstić information content (AvgIpc) is 2.26. The van der Waals surface area contributed by atoms with E-state index >= 15 is 0 Å². The highest BCUT2D eigenvalue weighted by Gasteiger charge is 2.18. The van der Waals surface area contributed by atoms with Crippen LogP contribution in [0.3, 0.4) is 0 Å². The van der Waals surface area contributed by atoms with E-state index in [1.807, 2.05) is 0 Å². The van der Waals surface area contributed by atoms with Gasteiger partial charge in [0.05, 0.1) is 0 Å². The van der Waals surface area contributed by atoms with Gasteiger partial charge in [0, 0.05) is 0 Å². The second-order valence-corrected chi connectivity index (χ2v) is 3.67. The average molecular weight is 223 g/mol. The normalized spacial score (nSPS) is 12.3. The Morgan fingerprint density at radius 1 is 1.38 bits per heavy atom. The zero-order valence-electron chi connectivity index (χ0n) is 9.31. The lowest BCUT2D eigenvalue weighted by Gasteiger charge is -2.14. The van der Waals surface area contributed by atoms with Gasteiger partial charge in [0.1, 0.15) is 11.8 Å². The number of phenols is 1. The Balaban J connectivity index is 2.69. The number of unbranched alkanes of at least 4 members (excludes halogenated alkanes) is 1. The summed E-state index contributed by atoms with van der Waals surface area (Å²) in [6.45, 7) is 2.73. The van der Waals surface area contributed by atoms with Crippen LogP contribution in [-0.4, -0.2) is 22.7 Å². The van der Waals surface area contributed by atoms with Crippen molar-refractivity contribution in [3.05, 3.63) is 29.8 Å². The molecule has 1 unspecified atom stereocenters. The Hall–Kier alpha value is -1.55. The second-order valence-electron chi connectivity index (χ2n) is 3.67. The molecule has 0 heterocycles. The molecule has 0 spiro atoms. The van der Waals surface area contributed by atoms with E-state index in [1.54, 1.807) is 12.1 Å². The van der Waals surface area contributed by atoms with Crippen molar-refractivity contribution in [3.8, 4) is 5.75 Å². The summed E-state index contributed by atoms with van der Waals surface area (Å²) in [6.07, 6.45) is 1.97. The predicted octanol–water partition coefficient (Wildman–Crippen LogP) is 1.91. The molecule has 1 aromatic carbocycles. The summed E-state index contributed by atoms with van der Waals surface area (Å²) in [4.78, 5) is 11.1. The summed E-state index contributed by atoms with van der Waals surface area (Å²) in [6, 6.07) is 5.52. The highest BCUT2D eigenvalue weighted by Crippen LogP contribution is 2.17. The molecule has 4 nitrogen and oxygen atoms in total.